The maximum absolute atomic E-state index is 10.8. The Bertz CT molecular complexity index is 383. The Labute approximate surface area is 106 Å². The Morgan fingerprint density at radius 3 is 2.94 bits per heavy atom. The second-order valence-corrected chi connectivity index (χ2v) is 4.07. The summed E-state index contributed by atoms with van der Waals surface area (Å²) in [5, 5.41) is 3.40. The normalized spacial score (nSPS) is 10.1. The molecule has 0 spiro atoms. The number of benzene rings is 1. The SMILES string of the molecule is Cc1cc(OCCCNC(=O)CN)ccc1Cl. The molecular weight excluding hydrogens is 240 g/mol. The van der Waals surface area contributed by atoms with E-state index in [0.717, 1.165) is 22.8 Å². The summed E-state index contributed by atoms with van der Waals surface area (Å²) in [6.45, 7) is 3.07. The first kappa shape index (κ1) is 13.8. The molecule has 0 aliphatic carbocycles. The molecule has 0 saturated heterocycles. The summed E-state index contributed by atoms with van der Waals surface area (Å²) >= 11 is 5.90. The van der Waals surface area contributed by atoms with E-state index in [1.54, 1.807) is 0 Å². The van der Waals surface area contributed by atoms with Crippen molar-refractivity contribution in [2.75, 3.05) is 19.7 Å². The minimum atomic E-state index is -0.146. The van der Waals surface area contributed by atoms with Gasteiger partial charge in [0.1, 0.15) is 5.75 Å². The van der Waals surface area contributed by atoms with Crippen LogP contribution in [0, 0.1) is 6.92 Å². The number of ether oxygens (including phenoxy) is 1. The lowest BCUT2D eigenvalue weighted by atomic mass is 10.2. The third-order valence-electron chi connectivity index (χ3n) is 2.23. The van der Waals surface area contributed by atoms with E-state index in [1.807, 2.05) is 25.1 Å². The molecule has 0 fully saturated rings. The van der Waals surface area contributed by atoms with Crippen LogP contribution >= 0.6 is 11.6 Å². The van der Waals surface area contributed by atoms with Gasteiger partial charge in [0.25, 0.3) is 0 Å². The summed E-state index contributed by atoms with van der Waals surface area (Å²) in [5.74, 6) is 0.643. The maximum Gasteiger partial charge on any atom is 0.233 e. The molecule has 0 bridgehead atoms. The number of carbonyl (C=O) groups is 1. The van der Waals surface area contributed by atoms with Crippen molar-refractivity contribution >= 4 is 17.5 Å². The van der Waals surface area contributed by atoms with Crippen LogP contribution in [0.4, 0.5) is 0 Å². The lowest BCUT2D eigenvalue weighted by molar-refractivity contribution is -0.119. The van der Waals surface area contributed by atoms with Crippen molar-refractivity contribution in [1.29, 1.82) is 0 Å². The Kier molecular flexibility index (Phi) is 5.80. The zero-order valence-electron chi connectivity index (χ0n) is 9.83. The van der Waals surface area contributed by atoms with E-state index in [0.29, 0.717) is 13.2 Å². The summed E-state index contributed by atoms with van der Waals surface area (Å²) in [7, 11) is 0. The van der Waals surface area contributed by atoms with Gasteiger partial charge < -0.3 is 15.8 Å². The number of aryl methyl sites for hydroxylation is 1. The predicted octanol–water partition coefficient (Wildman–Crippen LogP) is 1.49. The molecule has 17 heavy (non-hydrogen) atoms. The zero-order valence-corrected chi connectivity index (χ0v) is 10.6. The minimum Gasteiger partial charge on any atom is -0.494 e. The Morgan fingerprint density at radius 2 is 2.29 bits per heavy atom. The zero-order chi connectivity index (χ0) is 12.7. The third-order valence-corrected chi connectivity index (χ3v) is 2.65. The van der Waals surface area contributed by atoms with Gasteiger partial charge in [-0.05, 0) is 37.1 Å². The predicted molar refractivity (Wildman–Crippen MR) is 68.4 cm³/mol. The number of nitrogens with two attached hydrogens (primary N) is 1. The van der Waals surface area contributed by atoms with Gasteiger partial charge in [0.05, 0.1) is 13.2 Å². The topological polar surface area (TPSA) is 64.3 Å². The molecule has 1 aromatic carbocycles. The smallest absolute Gasteiger partial charge is 0.233 e. The van der Waals surface area contributed by atoms with E-state index in [9.17, 15) is 4.79 Å². The van der Waals surface area contributed by atoms with Crippen LogP contribution in [0.1, 0.15) is 12.0 Å². The summed E-state index contributed by atoms with van der Waals surface area (Å²) < 4.78 is 5.52. The fourth-order valence-corrected chi connectivity index (χ4v) is 1.39. The van der Waals surface area contributed by atoms with Crippen LogP contribution in [-0.4, -0.2) is 25.6 Å². The molecule has 1 rings (SSSR count). The lowest BCUT2D eigenvalue weighted by Crippen LogP contribution is -2.31. The fraction of sp³-hybridized carbons (Fsp3) is 0.417. The van der Waals surface area contributed by atoms with Gasteiger partial charge in [-0.25, -0.2) is 0 Å². The molecule has 0 aliphatic rings. The molecule has 0 heterocycles. The maximum atomic E-state index is 10.8. The molecule has 94 valence electrons. The molecule has 4 nitrogen and oxygen atoms in total. The van der Waals surface area contributed by atoms with E-state index in [1.165, 1.54) is 0 Å². The van der Waals surface area contributed by atoms with Crippen LogP contribution in [0.25, 0.3) is 0 Å². The third kappa shape index (κ3) is 5.06. The highest BCUT2D eigenvalue weighted by atomic mass is 35.5. The van der Waals surface area contributed by atoms with E-state index in [2.05, 4.69) is 5.32 Å². The Balaban J connectivity index is 2.22. The molecule has 0 atom stereocenters. The standard InChI is InChI=1S/C12H17ClN2O2/c1-9-7-10(3-4-11(9)13)17-6-2-5-15-12(16)8-14/h3-4,7H,2,5-6,8,14H2,1H3,(H,15,16). The molecular formula is C12H17ClN2O2. The molecule has 3 N–H and O–H groups in total. The Hall–Kier alpha value is -1.26. The number of amides is 1. The van der Waals surface area contributed by atoms with Crippen LogP contribution in [0.15, 0.2) is 18.2 Å². The first-order chi connectivity index (χ1) is 8.13. The van der Waals surface area contributed by atoms with Crippen molar-refractivity contribution in [3.63, 3.8) is 0 Å². The first-order valence-electron chi connectivity index (χ1n) is 5.49. The van der Waals surface area contributed by atoms with Crippen molar-refractivity contribution in [2.45, 2.75) is 13.3 Å². The van der Waals surface area contributed by atoms with Gasteiger partial charge in [-0.3, -0.25) is 4.79 Å². The molecule has 0 aromatic heterocycles. The number of carbonyl (C=O) groups excluding carboxylic acids is 1. The van der Waals surface area contributed by atoms with Crippen LogP contribution < -0.4 is 15.8 Å². The number of hydrogen-bond acceptors (Lipinski definition) is 3. The van der Waals surface area contributed by atoms with E-state index in [-0.39, 0.29) is 12.5 Å². The van der Waals surface area contributed by atoms with Crippen LogP contribution in [0.5, 0.6) is 5.75 Å². The number of nitrogens with one attached hydrogen (secondary N) is 1. The summed E-state index contributed by atoms with van der Waals surface area (Å²) in [4.78, 5) is 10.8. The highest BCUT2D eigenvalue weighted by molar-refractivity contribution is 6.31. The lowest BCUT2D eigenvalue weighted by Gasteiger charge is -2.08. The van der Waals surface area contributed by atoms with Crippen molar-refractivity contribution < 1.29 is 9.53 Å². The average Bonchev–Trinajstić information content (AvgIpc) is 2.33. The van der Waals surface area contributed by atoms with Gasteiger partial charge in [0, 0.05) is 11.6 Å². The van der Waals surface area contributed by atoms with Gasteiger partial charge in [-0.15, -0.1) is 0 Å². The Morgan fingerprint density at radius 1 is 1.53 bits per heavy atom. The highest BCUT2D eigenvalue weighted by Crippen LogP contribution is 2.20. The van der Waals surface area contributed by atoms with Gasteiger partial charge in [0.2, 0.25) is 5.91 Å². The largest absolute Gasteiger partial charge is 0.494 e. The number of hydrogen-bond donors (Lipinski definition) is 2. The minimum absolute atomic E-state index is 0.0250. The van der Waals surface area contributed by atoms with Crippen LogP contribution in [0.3, 0.4) is 0 Å². The highest BCUT2D eigenvalue weighted by Gasteiger charge is 1.99. The molecule has 1 amide bonds. The summed E-state index contributed by atoms with van der Waals surface area (Å²) in [6.07, 6.45) is 0.743. The average molecular weight is 257 g/mol. The van der Waals surface area contributed by atoms with Crippen molar-refractivity contribution in [2.24, 2.45) is 5.73 Å². The van der Waals surface area contributed by atoms with Gasteiger partial charge in [-0.1, -0.05) is 11.6 Å². The molecule has 0 unspecified atom stereocenters. The van der Waals surface area contributed by atoms with Gasteiger partial charge in [-0.2, -0.15) is 0 Å². The second kappa shape index (κ2) is 7.14. The van der Waals surface area contributed by atoms with Crippen molar-refractivity contribution in [1.82, 2.24) is 5.32 Å². The molecule has 0 saturated carbocycles. The van der Waals surface area contributed by atoms with E-state index < -0.39 is 0 Å². The number of halogens is 1. The first-order valence-corrected chi connectivity index (χ1v) is 5.87. The fourth-order valence-electron chi connectivity index (χ4n) is 1.27. The van der Waals surface area contributed by atoms with E-state index in [4.69, 9.17) is 22.1 Å². The molecule has 5 heteroatoms. The summed E-state index contributed by atoms with van der Waals surface area (Å²) in [5.41, 5.74) is 6.14. The molecule has 0 aliphatic heterocycles. The van der Waals surface area contributed by atoms with Crippen LogP contribution in [0.2, 0.25) is 5.02 Å². The van der Waals surface area contributed by atoms with Gasteiger partial charge in [0.15, 0.2) is 0 Å². The molecule has 0 radical (unpaired) electrons. The molecule has 1 aromatic rings. The second-order valence-electron chi connectivity index (χ2n) is 3.67. The van der Waals surface area contributed by atoms with Crippen molar-refractivity contribution in [3.8, 4) is 5.75 Å². The van der Waals surface area contributed by atoms with Crippen molar-refractivity contribution in [3.05, 3.63) is 28.8 Å². The van der Waals surface area contributed by atoms with E-state index >= 15 is 0 Å². The monoisotopic (exact) mass is 256 g/mol. The van der Waals surface area contributed by atoms with Crippen LogP contribution in [-0.2, 0) is 4.79 Å². The number of rotatable bonds is 6. The van der Waals surface area contributed by atoms with Gasteiger partial charge >= 0.3 is 0 Å². The quantitative estimate of drug-likeness (QED) is 0.758. The summed E-state index contributed by atoms with van der Waals surface area (Å²) in [6, 6.07) is 5.52.